The predicted molar refractivity (Wildman–Crippen MR) is 111 cm³/mol. The second-order valence-electron chi connectivity index (χ2n) is 7.37. The van der Waals surface area contributed by atoms with Crippen molar-refractivity contribution in [3.8, 4) is 0 Å². The van der Waals surface area contributed by atoms with E-state index in [4.69, 9.17) is 0 Å². The summed E-state index contributed by atoms with van der Waals surface area (Å²) in [6.07, 6.45) is 7.90. The standard InChI is InChI=1S/C23H27N3O/c27-23(24-22-12-11-20-9-4-10-21(20)18-22)26-16-14-25(15-17-26)13-5-8-19-6-2-1-3-7-19/h1-3,5-8,11-12,18H,4,9-10,13-17H2,(H,24,27). The Morgan fingerprint density at radius 3 is 2.56 bits per heavy atom. The summed E-state index contributed by atoms with van der Waals surface area (Å²) in [7, 11) is 0. The molecule has 1 saturated heterocycles. The molecule has 1 heterocycles. The topological polar surface area (TPSA) is 35.6 Å². The molecule has 0 atom stereocenters. The van der Waals surface area contributed by atoms with Crippen LogP contribution in [0.25, 0.3) is 6.08 Å². The molecule has 2 amide bonds. The van der Waals surface area contributed by atoms with E-state index in [9.17, 15) is 4.79 Å². The van der Waals surface area contributed by atoms with Gasteiger partial charge in [-0.2, -0.15) is 0 Å². The van der Waals surface area contributed by atoms with Gasteiger partial charge in [0.05, 0.1) is 0 Å². The fourth-order valence-corrected chi connectivity index (χ4v) is 3.89. The Hall–Kier alpha value is -2.59. The van der Waals surface area contributed by atoms with Gasteiger partial charge in [-0.15, -0.1) is 0 Å². The van der Waals surface area contributed by atoms with Crippen LogP contribution < -0.4 is 5.32 Å². The number of benzene rings is 2. The number of aryl methyl sites for hydroxylation is 2. The summed E-state index contributed by atoms with van der Waals surface area (Å²) in [6, 6.07) is 16.7. The Morgan fingerprint density at radius 1 is 0.963 bits per heavy atom. The van der Waals surface area contributed by atoms with E-state index in [0.717, 1.165) is 44.8 Å². The molecule has 2 aromatic carbocycles. The van der Waals surface area contributed by atoms with Crippen LogP contribution in [0.1, 0.15) is 23.1 Å². The number of urea groups is 1. The Labute approximate surface area is 161 Å². The van der Waals surface area contributed by atoms with Crippen molar-refractivity contribution >= 4 is 17.8 Å². The number of nitrogens with zero attached hydrogens (tertiary/aromatic N) is 2. The van der Waals surface area contributed by atoms with Crippen LogP contribution in [-0.4, -0.2) is 48.6 Å². The van der Waals surface area contributed by atoms with E-state index in [1.807, 2.05) is 17.0 Å². The zero-order valence-corrected chi connectivity index (χ0v) is 15.7. The highest BCUT2D eigenvalue weighted by molar-refractivity contribution is 5.89. The van der Waals surface area contributed by atoms with Gasteiger partial charge in [-0.1, -0.05) is 48.6 Å². The minimum absolute atomic E-state index is 0.0208. The average molecular weight is 361 g/mol. The van der Waals surface area contributed by atoms with E-state index in [0.29, 0.717) is 0 Å². The molecular weight excluding hydrogens is 334 g/mol. The zero-order chi connectivity index (χ0) is 18.5. The molecule has 0 bridgehead atoms. The molecule has 0 radical (unpaired) electrons. The van der Waals surface area contributed by atoms with Crippen LogP contribution in [0.4, 0.5) is 10.5 Å². The third-order valence-corrected chi connectivity index (χ3v) is 5.48. The lowest BCUT2D eigenvalue weighted by atomic mass is 10.1. The van der Waals surface area contributed by atoms with Crippen molar-refractivity contribution in [2.45, 2.75) is 19.3 Å². The van der Waals surface area contributed by atoms with E-state index in [1.165, 1.54) is 29.5 Å². The number of amides is 2. The van der Waals surface area contributed by atoms with Crippen molar-refractivity contribution in [2.24, 2.45) is 0 Å². The Morgan fingerprint density at radius 2 is 1.74 bits per heavy atom. The van der Waals surface area contributed by atoms with E-state index >= 15 is 0 Å². The highest BCUT2D eigenvalue weighted by atomic mass is 16.2. The summed E-state index contributed by atoms with van der Waals surface area (Å²) in [4.78, 5) is 16.9. The fourth-order valence-electron chi connectivity index (χ4n) is 3.89. The smallest absolute Gasteiger partial charge is 0.321 e. The number of nitrogens with one attached hydrogen (secondary N) is 1. The second kappa shape index (κ2) is 8.40. The molecule has 1 fully saturated rings. The summed E-state index contributed by atoms with van der Waals surface area (Å²) in [5.41, 5.74) is 4.98. The third kappa shape index (κ3) is 4.58. The van der Waals surface area contributed by atoms with Gasteiger partial charge in [0.1, 0.15) is 0 Å². The lowest BCUT2D eigenvalue weighted by Crippen LogP contribution is -2.49. The van der Waals surface area contributed by atoms with E-state index < -0.39 is 0 Å². The molecule has 4 nitrogen and oxygen atoms in total. The highest BCUT2D eigenvalue weighted by Gasteiger charge is 2.21. The van der Waals surface area contributed by atoms with Gasteiger partial charge in [0.15, 0.2) is 0 Å². The first-order chi connectivity index (χ1) is 13.3. The molecule has 0 aromatic heterocycles. The first-order valence-corrected chi connectivity index (χ1v) is 9.89. The third-order valence-electron chi connectivity index (χ3n) is 5.48. The van der Waals surface area contributed by atoms with E-state index in [1.54, 1.807) is 0 Å². The Kier molecular flexibility index (Phi) is 5.54. The maximum Gasteiger partial charge on any atom is 0.321 e. The maximum absolute atomic E-state index is 12.6. The molecule has 140 valence electrons. The van der Waals surface area contributed by atoms with Gasteiger partial charge < -0.3 is 10.2 Å². The molecular formula is C23H27N3O. The van der Waals surface area contributed by atoms with Crippen LogP contribution in [-0.2, 0) is 12.8 Å². The molecule has 1 aliphatic carbocycles. The van der Waals surface area contributed by atoms with Gasteiger partial charge in [0, 0.05) is 38.4 Å². The van der Waals surface area contributed by atoms with Crippen molar-refractivity contribution in [3.63, 3.8) is 0 Å². The number of carbonyl (C=O) groups excluding carboxylic acids is 1. The lowest BCUT2D eigenvalue weighted by molar-refractivity contribution is 0.156. The van der Waals surface area contributed by atoms with Crippen molar-refractivity contribution in [1.82, 2.24) is 9.80 Å². The van der Waals surface area contributed by atoms with Crippen LogP contribution >= 0.6 is 0 Å². The molecule has 0 saturated carbocycles. The average Bonchev–Trinajstić information content (AvgIpc) is 3.17. The minimum atomic E-state index is 0.0208. The van der Waals surface area contributed by atoms with Crippen LogP contribution in [0.3, 0.4) is 0 Å². The van der Waals surface area contributed by atoms with E-state index in [2.05, 4.69) is 58.8 Å². The van der Waals surface area contributed by atoms with Gasteiger partial charge in [0.2, 0.25) is 0 Å². The first kappa shape index (κ1) is 17.8. The molecule has 4 heteroatoms. The van der Waals surface area contributed by atoms with Gasteiger partial charge in [-0.25, -0.2) is 4.79 Å². The minimum Gasteiger partial charge on any atom is -0.322 e. The number of fused-ring (bicyclic) bond motifs is 1. The summed E-state index contributed by atoms with van der Waals surface area (Å²) in [5.74, 6) is 0. The quantitative estimate of drug-likeness (QED) is 0.892. The Balaban J connectivity index is 1.24. The van der Waals surface area contributed by atoms with Crippen LogP contribution in [0.15, 0.2) is 54.6 Å². The molecule has 27 heavy (non-hydrogen) atoms. The molecule has 1 aliphatic heterocycles. The monoisotopic (exact) mass is 361 g/mol. The summed E-state index contributed by atoms with van der Waals surface area (Å²) >= 11 is 0. The summed E-state index contributed by atoms with van der Waals surface area (Å²) < 4.78 is 0. The van der Waals surface area contributed by atoms with Crippen molar-refractivity contribution in [3.05, 3.63) is 71.3 Å². The molecule has 0 spiro atoms. The Bertz CT molecular complexity index is 808. The summed E-state index contributed by atoms with van der Waals surface area (Å²) in [6.45, 7) is 4.30. The molecule has 1 N–H and O–H groups in total. The largest absolute Gasteiger partial charge is 0.322 e. The molecule has 2 aliphatic rings. The molecule has 4 rings (SSSR count). The van der Waals surface area contributed by atoms with Gasteiger partial charge in [-0.3, -0.25) is 4.90 Å². The predicted octanol–water partition coefficient (Wildman–Crippen LogP) is 4.04. The fraction of sp³-hybridized carbons (Fsp3) is 0.348. The SMILES string of the molecule is O=C(Nc1ccc2c(c1)CCC2)N1CCN(CC=Cc2ccccc2)CC1. The number of hydrogen-bond donors (Lipinski definition) is 1. The number of carbonyl (C=O) groups is 1. The first-order valence-electron chi connectivity index (χ1n) is 9.89. The second-order valence-corrected chi connectivity index (χ2v) is 7.37. The zero-order valence-electron chi connectivity index (χ0n) is 15.7. The van der Waals surface area contributed by atoms with Crippen molar-refractivity contribution < 1.29 is 4.79 Å². The van der Waals surface area contributed by atoms with Crippen LogP contribution in [0, 0.1) is 0 Å². The number of piperazine rings is 1. The highest BCUT2D eigenvalue weighted by Crippen LogP contribution is 2.25. The van der Waals surface area contributed by atoms with Crippen LogP contribution in [0.5, 0.6) is 0 Å². The molecule has 0 unspecified atom stereocenters. The summed E-state index contributed by atoms with van der Waals surface area (Å²) in [5, 5.41) is 3.08. The number of rotatable bonds is 4. The van der Waals surface area contributed by atoms with E-state index in [-0.39, 0.29) is 6.03 Å². The van der Waals surface area contributed by atoms with Gasteiger partial charge in [-0.05, 0) is 48.1 Å². The van der Waals surface area contributed by atoms with Crippen LogP contribution in [0.2, 0.25) is 0 Å². The van der Waals surface area contributed by atoms with Crippen molar-refractivity contribution in [2.75, 3.05) is 38.0 Å². The normalized spacial score (nSPS) is 17.3. The number of anilines is 1. The molecule has 2 aromatic rings. The van der Waals surface area contributed by atoms with Gasteiger partial charge >= 0.3 is 6.03 Å². The lowest BCUT2D eigenvalue weighted by Gasteiger charge is -2.34. The van der Waals surface area contributed by atoms with Crippen molar-refractivity contribution in [1.29, 1.82) is 0 Å². The maximum atomic E-state index is 12.6. The number of hydrogen-bond acceptors (Lipinski definition) is 2. The van der Waals surface area contributed by atoms with Gasteiger partial charge in [0.25, 0.3) is 0 Å².